The number of methoxy groups -OCH3 is 2. The molecule has 9 heteroatoms. The number of carbonyl (C=O) groups is 1. The van der Waals surface area contributed by atoms with Gasteiger partial charge in [0.05, 0.1) is 38.3 Å². The molecular weight excluding hydrogens is 420 g/mol. The maximum absolute atomic E-state index is 12.8. The van der Waals surface area contributed by atoms with E-state index in [9.17, 15) is 13.2 Å². The fraction of sp³-hybridized carbons (Fsp3) is 0.409. The Labute approximate surface area is 184 Å². The molecule has 0 unspecified atom stereocenters. The molecule has 8 nitrogen and oxygen atoms in total. The fourth-order valence-corrected chi connectivity index (χ4v) is 3.91. The van der Waals surface area contributed by atoms with Gasteiger partial charge in [0.2, 0.25) is 15.9 Å². The molecule has 2 rings (SSSR count). The fourth-order valence-electron chi connectivity index (χ4n) is 3.06. The summed E-state index contributed by atoms with van der Waals surface area (Å²) in [5.41, 5.74) is 1.07. The van der Waals surface area contributed by atoms with Gasteiger partial charge in [-0.15, -0.1) is 0 Å². The Balaban J connectivity index is 2.23. The van der Waals surface area contributed by atoms with Crippen LogP contribution in [0.1, 0.15) is 32.4 Å². The highest BCUT2D eigenvalue weighted by molar-refractivity contribution is 7.92. The van der Waals surface area contributed by atoms with E-state index in [1.807, 2.05) is 13.8 Å². The number of hydrogen-bond acceptors (Lipinski definition) is 6. The third kappa shape index (κ3) is 6.78. The maximum Gasteiger partial charge on any atom is 0.241 e. The number of benzene rings is 2. The van der Waals surface area contributed by atoms with Gasteiger partial charge in [0.15, 0.2) is 0 Å². The van der Waals surface area contributed by atoms with E-state index in [0.29, 0.717) is 28.5 Å². The van der Waals surface area contributed by atoms with Crippen molar-refractivity contribution in [1.29, 1.82) is 0 Å². The molecule has 1 atom stereocenters. The summed E-state index contributed by atoms with van der Waals surface area (Å²) in [5, 5.41) is 2.83. The van der Waals surface area contributed by atoms with Crippen molar-refractivity contribution in [3.63, 3.8) is 0 Å². The number of nitrogens with one attached hydrogen (secondary N) is 1. The Kier molecular flexibility index (Phi) is 8.15. The Hall–Kier alpha value is -2.94. The predicted molar refractivity (Wildman–Crippen MR) is 120 cm³/mol. The summed E-state index contributed by atoms with van der Waals surface area (Å²) < 4.78 is 42.1. The zero-order valence-corrected chi connectivity index (χ0v) is 19.5. The number of anilines is 1. The van der Waals surface area contributed by atoms with Gasteiger partial charge in [0, 0.05) is 11.6 Å². The monoisotopic (exact) mass is 450 g/mol. The van der Waals surface area contributed by atoms with Gasteiger partial charge in [-0.1, -0.05) is 6.07 Å². The quantitative estimate of drug-likeness (QED) is 0.598. The topological polar surface area (TPSA) is 94.2 Å². The van der Waals surface area contributed by atoms with Crippen molar-refractivity contribution in [2.24, 2.45) is 0 Å². The molecular formula is C22H30N2O6S. The molecule has 0 fully saturated rings. The van der Waals surface area contributed by atoms with E-state index in [1.165, 1.54) is 7.11 Å². The molecule has 0 heterocycles. The van der Waals surface area contributed by atoms with Crippen molar-refractivity contribution in [3.05, 3.63) is 48.0 Å². The summed E-state index contributed by atoms with van der Waals surface area (Å²) in [5.74, 6) is 1.28. The average molecular weight is 451 g/mol. The van der Waals surface area contributed by atoms with Gasteiger partial charge in [0.1, 0.15) is 23.8 Å². The minimum Gasteiger partial charge on any atom is -0.497 e. The highest BCUT2D eigenvalue weighted by atomic mass is 32.2. The molecule has 2 aromatic carbocycles. The summed E-state index contributed by atoms with van der Waals surface area (Å²) in [6.07, 6.45) is 0.994. The predicted octanol–water partition coefficient (Wildman–Crippen LogP) is 3.13. The maximum atomic E-state index is 12.8. The molecule has 1 N–H and O–H groups in total. The van der Waals surface area contributed by atoms with Gasteiger partial charge in [-0.2, -0.15) is 0 Å². The summed E-state index contributed by atoms with van der Waals surface area (Å²) in [4.78, 5) is 12.8. The van der Waals surface area contributed by atoms with Crippen molar-refractivity contribution in [2.75, 3.05) is 31.3 Å². The lowest BCUT2D eigenvalue weighted by atomic mass is 10.1. The van der Waals surface area contributed by atoms with Crippen LogP contribution in [-0.2, 0) is 14.8 Å². The van der Waals surface area contributed by atoms with Gasteiger partial charge in [-0.05, 0) is 51.1 Å². The van der Waals surface area contributed by atoms with Gasteiger partial charge < -0.3 is 19.5 Å². The molecule has 0 aromatic heterocycles. The van der Waals surface area contributed by atoms with Crippen LogP contribution in [0.3, 0.4) is 0 Å². The molecule has 0 bridgehead atoms. The lowest BCUT2D eigenvalue weighted by Crippen LogP contribution is -2.41. The Bertz CT molecular complexity index is 1010. The van der Waals surface area contributed by atoms with Crippen LogP contribution in [0.25, 0.3) is 0 Å². The van der Waals surface area contributed by atoms with E-state index < -0.39 is 22.0 Å². The Morgan fingerprint density at radius 1 is 1.03 bits per heavy atom. The molecule has 1 amide bonds. The highest BCUT2D eigenvalue weighted by Crippen LogP contribution is 2.29. The minimum absolute atomic E-state index is 0.0658. The SMILES string of the molecule is COc1ccc(OC)c([C@H](C)NC(=O)CN(c2cccc(OC(C)C)c2)S(C)(=O)=O)c1. The van der Waals surface area contributed by atoms with Crippen molar-refractivity contribution in [3.8, 4) is 17.2 Å². The number of hydrogen-bond donors (Lipinski definition) is 1. The van der Waals surface area contributed by atoms with Gasteiger partial charge in [0.25, 0.3) is 0 Å². The lowest BCUT2D eigenvalue weighted by Gasteiger charge is -2.24. The van der Waals surface area contributed by atoms with Crippen molar-refractivity contribution in [1.82, 2.24) is 5.32 Å². The van der Waals surface area contributed by atoms with E-state index >= 15 is 0 Å². The first-order valence-electron chi connectivity index (χ1n) is 9.81. The smallest absolute Gasteiger partial charge is 0.241 e. The molecule has 0 aliphatic heterocycles. The average Bonchev–Trinajstić information content (AvgIpc) is 2.70. The van der Waals surface area contributed by atoms with Crippen LogP contribution in [0, 0.1) is 0 Å². The molecule has 31 heavy (non-hydrogen) atoms. The van der Waals surface area contributed by atoms with Crippen LogP contribution in [0.2, 0.25) is 0 Å². The van der Waals surface area contributed by atoms with Crippen LogP contribution >= 0.6 is 0 Å². The number of ether oxygens (including phenoxy) is 3. The van der Waals surface area contributed by atoms with Gasteiger partial charge >= 0.3 is 0 Å². The first-order chi connectivity index (χ1) is 14.5. The summed E-state index contributed by atoms with van der Waals surface area (Å²) >= 11 is 0. The molecule has 0 aliphatic rings. The summed E-state index contributed by atoms with van der Waals surface area (Å²) in [7, 11) is -0.619. The normalized spacial score (nSPS) is 12.2. The molecule has 170 valence electrons. The number of sulfonamides is 1. The number of amides is 1. The second-order valence-corrected chi connectivity index (χ2v) is 9.24. The van der Waals surface area contributed by atoms with Gasteiger partial charge in [-0.25, -0.2) is 8.42 Å². The molecule has 2 aromatic rings. The molecule has 0 radical (unpaired) electrons. The van der Waals surface area contributed by atoms with Crippen molar-refractivity contribution >= 4 is 21.6 Å². The van der Waals surface area contributed by atoms with E-state index in [1.54, 1.807) is 56.5 Å². The summed E-state index contributed by atoms with van der Waals surface area (Å²) in [6.45, 7) is 5.17. The zero-order chi connectivity index (χ0) is 23.2. The third-order valence-electron chi connectivity index (χ3n) is 4.45. The lowest BCUT2D eigenvalue weighted by molar-refractivity contribution is -0.120. The van der Waals surface area contributed by atoms with E-state index in [0.717, 1.165) is 10.6 Å². The molecule has 0 saturated carbocycles. The number of nitrogens with zero attached hydrogens (tertiary/aromatic N) is 1. The minimum atomic E-state index is -3.71. The molecule has 0 aliphatic carbocycles. The van der Waals surface area contributed by atoms with Crippen LogP contribution < -0.4 is 23.8 Å². The highest BCUT2D eigenvalue weighted by Gasteiger charge is 2.23. The van der Waals surface area contributed by atoms with Crippen LogP contribution in [0.4, 0.5) is 5.69 Å². The first-order valence-corrected chi connectivity index (χ1v) is 11.7. The Morgan fingerprint density at radius 2 is 1.74 bits per heavy atom. The van der Waals surface area contributed by atoms with Crippen LogP contribution in [0.5, 0.6) is 17.2 Å². The zero-order valence-electron chi connectivity index (χ0n) is 18.7. The third-order valence-corrected chi connectivity index (χ3v) is 5.59. The first kappa shape index (κ1) is 24.3. The van der Waals surface area contributed by atoms with Crippen molar-refractivity contribution < 1.29 is 27.4 Å². The van der Waals surface area contributed by atoms with E-state index in [2.05, 4.69) is 5.32 Å². The van der Waals surface area contributed by atoms with E-state index in [-0.39, 0.29) is 12.6 Å². The molecule has 0 spiro atoms. The Morgan fingerprint density at radius 3 is 2.32 bits per heavy atom. The summed E-state index contributed by atoms with van der Waals surface area (Å²) in [6, 6.07) is 11.5. The molecule has 0 saturated heterocycles. The van der Waals surface area contributed by atoms with Crippen LogP contribution in [-0.4, -0.2) is 47.4 Å². The van der Waals surface area contributed by atoms with Crippen LogP contribution in [0.15, 0.2) is 42.5 Å². The van der Waals surface area contributed by atoms with E-state index in [4.69, 9.17) is 14.2 Å². The number of carbonyl (C=O) groups excluding carboxylic acids is 1. The van der Waals surface area contributed by atoms with Gasteiger partial charge in [-0.3, -0.25) is 9.10 Å². The number of rotatable bonds is 10. The largest absolute Gasteiger partial charge is 0.497 e. The standard InChI is InChI=1S/C22H30N2O6S/c1-15(2)30-19-9-7-8-17(12-19)24(31(6,26)27)14-22(25)23-16(3)20-13-18(28-4)10-11-21(20)29-5/h7-13,15-16H,14H2,1-6H3,(H,23,25)/t16-/m0/s1. The second-order valence-electron chi connectivity index (χ2n) is 7.33. The second kappa shape index (κ2) is 10.4. The van der Waals surface area contributed by atoms with Crippen molar-refractivity contribution in [2.45, 2.75) is 32.9 Å².